The molecule has 2 amide bonds. The van der Waals surface area contributed by atoms with E-state index in [1.165, 1.54) is 4.90 Å². The Morgan fingerprint density at radius 3 is 2.70 bits per heavy atom. The molecule has 1 aromatic carbocycles. The van der Waals surface area contributed by atoms with E-state index in [1.54, 1.807) is 12.3 Å². The summed E-state index contributed by atoms with van der Waals surface area (Å²) in [6, 6.07) is 9.29. The Morgan fingerprint density at radius 2 is 2.09 bits per heavy atom. The third kappa shape index (κ3) is 2.82. The van der Waals surface area contributed by atoms with Gasteiger partial charge in [0.25, 0.3) is 5.24 Å². The molecule has 3 rings (SSSR count). The monoisotopic (exact) mass is 328 g/mol. The highest BCUT2D eigenvalue weighted by molar-refractivity contribution is 8.15. The number of carbonyl (C=O) groups is 2. The van der Waals surface area contributed by atoms with E-state index in [9.17, 15) is 9.59 Å². The summed E-state index contributed by atoms with van der Waals surface area (Å²) in [6.07, 6.45) is 1.72. The number of benzene rings is 1. The van der Waals surface area contributed by atoms with E-state index in [0.29, 0.717) is 18.0 Å². The molecule has 5 nitrogen and oxygen atoms in total. The van der Waals surface area contributed by atoms with Crippen LogP contribution in [0.4, 0.5) is 10.5 Å². The summed E-state index contributed by atoms with van der Waals surface area (Å²) in [6.45, 7) is 4.24. The lowest BCUT2D eigenvalue weighted by Crippen LogP contribution is -2.29. The Bertz CT molecular complexity index is 746. The van der Waals surface area contributed by atoms with Crippen LogP contribution in [0, 0.1) is 6.92 Å². The minimum Gasteiger partial charge on any atom is -0.493 e. The predicted molar refractivity (Wildman–Crippen MR) is 90.9 cm³/mol. The van der Waals surface area contributed by atoms with Crippen LogP contribution in [0.15, 0.2) is 36.5 Å². The second-order valence-corrected chi connectivity index (χ2v) is 5.94. The highest BCUT2D eigenvalue weighted by atomic mass is 32.2. The molecule has 2 aromatic rings. The van der Waals surface area contributed by atoms with Crippen LogP contribution in [0.1, 0.15) is 12.5 Å². The fourth-order valence-corrected chi connectivity index (χ4v) is 3.27. The first-order valence-corrected chi connectivity index (χ1v) is 8.29. The molecule has 6 heteroatoms. The zero-order chi connectivity index (χ0) is 16.4. The second kappa shape index (κ2) is 6.42. The van der Waals surface area contributed by atoms with Gasteiger partial charge in [-0.05, 0) is 38.1 Å². The molecule has 0 atom stereocenters. The lowest BCUT2D eigenvalue weighted by atomic mass is 10.0. The number of rotatable bonds is 4. The first-order valence-electron chi connectivity index (χ1n) is 7.31. The molecular weight excluding hydrogens is 312 g/mol. The van der Waals surface area contributed by atoms with Crippen molar-refractivity contribution in [1.29, 1.82) is 0 Å². The van der Waals surface area contributed by atoms with E-state index in [0.717, 1.165) is 28.6 Å². The predicted octanol–water partition coefficient (Wildman–Crippen LogP) is 3.66. The van der Waals surface area contributed by atoms with Gasteiger partial charge in [0.1, 0.15) is 5.75 Å². The molecule has 1 aromatic heterocycles. The molecule has 0 saturated carbocycles. The minimum absolute atomic E-state index is 0.185. The molecule has 1 saturated heterocycles. The van der Waals surface area contributed by atoms with Gasteiger partial charge in [-0.25, -0.2) is 4.90 Å². The maximum Gasteiger partial charge on any atom is 0.293 e. The van der Waals surface area contributed by atoms with Crippen molar-refractivity contribution in [3.05, 3.63) is 42.1 Å². The molecule has 0 spiro atoms. The first-order chi connectivity index (χ1) is 11.1. The number of hydrogen-bond donors (Lipinski definition) is 0. The Hall–Kier alpha value is -2.34. The fraction of sp³-hybridized carbons (Fsp3) is 0.235. The lowest BCUT2D eigenvalue weighted by molar-refractivity contribution is -0.115. The van der Waals surface area contributed by atoms with Crippen LogP contribution in [0.3, 0.4) is 0 Å². The van der Waals surface area contributed by atoms with Gasteiger partial charge in [-0.2, -0.15) is 0 Å². The van der Waals surface area contributed by atoms with E-state index in [-0.39, 0.29) is 16.9 Å². The number of ether oxygens (including phenoxy) is 1. The SMILES string of the molecule is CCOc1c(-c2ccccn2)ccc(N2C(=O)CSC2=O)c1C. The lowest BCUT2D eigenvalue weighted by Gasteiger charge is -2.20. The molecule has 118 valence electrons. The molecular formula is C17H16N2O3S. The van der Waals surface area contributed by atoms with E-state index in [4.69, 9.17) is 4.74 Å². The van der Waals surface area contributed by atoms with Gasteiger partial charge in [0.2, 0.25) is 5.91 Å². The van der Waals surface area contributed by atoms with Gasteiger partial charge in [-0.1, -0.05) is 17.8 Å². The summed E-state index contributed by atoms with van der Waals surface area (Å²) >= 11 is 1.02. The standard InChI is InChI=1S/C17H16N2O3S/c1-3-22-16-11(2)14(19-15(20)10-23-17(19)21)8-7-12(16)13-6-4-5-9-18-13/h4-9H,3,10H2,1-2H3. The number of pyridine rings is 1. The molecule has 0 N–H and O–H groups in total. The smallest absolute Gasteiger partial charge is 0.293 e. The molecule has 0 aliphatic carbocycles. The van der Waals surface area contributed by atoms with Crippen LogP contribution in [0.2, 0.25) is 0 Å². The average Bonchev–Trinajstić information content (AvgIpc) is 2.89. The zero-order valence-corrected chi connectivity index (χ0v) is 13.7. The largest absolute Gasteiger partial charge is 0.493 e. The third-order valence-corrected chi connectivity index (χ3v) is 4.42. The number of anilines is 1. The molecule has 2 heterocycles. The van der Waals surface area contributed by atoms with Crippen LogP contribution in [-0.2, 0) is 4.79 Å². The van der Waals surface area contributed by atoms with Crippen LogP contribution < -0.4 is 9.64 Å². The number of amides is 2. The number of aromatic nitrogens is 1. The summed E-state index contributed by atoms with van der Waals surface area (Å²) in [4.78, 5) is 29.6. The van der Waals surface area contributed by atoms with Crippen molar-refractivity contribution in [3.63, 3.8) is 0 Å². The van der Waals surface area contributed by atoms with Crippen LogP contribution in [0.25, 0.3) is 11.3 Å². The summed E-state index contributed by atoms with van der Waals surface area (Å²) in [5.41, 5.74) is 2.98. The number of hydrogen-bond acceptors (Lipinski definition) is 5. The maximum atomic E-state index is 12.0. The zero-order valence-electron chi connectivity index (χ0n) is 12.9. The van der Waals surface area contributed by atoms with Crippen LogP contribution in [-0.4, -0.2) is 28.5 Å². The molecule has 1 fully saturated rings. The van der Waals surface area contributed by atoms with E-state index < -0.39 is 0 Å². The van der Waals surface area contributed by atoms with Gasteiger partial charge >= 0.3 is 0 Å². The molecule has 1 aliphatic rings. The molecule has 0 radical (unpaired) electrons. The topological polar surface area (TPSA) is 59.5 Å². The van der Waals surface area contributed by atoms with Crippen molar-refractivity contribution in [2.45, 2.75) is 13.8 Å². The highest BCUT2D eigenvalue weighted by Crippen LogP contribution is 2.39. The number of carbonyl (C=O) groups excluding carboxylic acids is 2. The van der Waals surface area contributed by atoms with Gasteiger partial charge in [0.05, 0.1) is 23.7 Å². The summed E-state index contributed by atoms with van der Waals surface area (Å²) in [7, 11) is 0. The minimum atomic E-state index is -0.244. The van der Waals surface area contributed by atoms with Gasteiger partial charge < -0.3 is 4.74 Å². The summed E-state index contributed by atoms with van der Waals surface area (Å²) in [5.74, 6) is 0.641. The number of imide groups is 1. The number of thioether (sulfide) groups is 1. The molecule has 0 bridgehead atoms. The number of nitrogens with zero attached hydrogens (tertiary/aromatic N) is 2. The maximum absolute atomic E-state index is 12.0. The van der Waals surface area contributed by atoms with Gasteiger partial charge in [-0.15, -0.1) is 0 Å². The van der Waals surface area contributed by atoms with Crippen LogP contribution in [0.5, 0.6) is 5.75 Å². The van der Waals surface area contributed by atoms with Gasteiger partial charge in [0, 0.05) is 17.3 Å². The van der Waals surface area contributed by atoms with E-state index in [1.807, 2.05) is 38.1 Å². The quantitative estimate of drug-likeness (QED) is 0.857. The molecule has 23 heavy (non-hydrogen) atoms. The van der Waals surface area contributed by atoms with E-state index >= 15 is 0 Å². The van der Waals surface area contributed by atoms with Crippen molar-refractivity contribution < 1.29 is 14.3 Å². The Kier molecular flexibility index (Phi) is 4.34. The Balaban J connectivity index is 2.13. The average molecular weight is 328 g/mol. The van der Waals surface area contributed by atoms with Gasteiger partial charge in [-0.3, -0.25) is 14.6 Å². The Morgan fingerprint density at radius 1 is 1.26 bits per heavy atom. The fourth-order valence-electron chi connectivity index (χ4n) is 2.56. The van der Waals surface area contributed by atoms with E-state index in [2.05, 4.69) is 4.98 Å². The van der Waals surface area contributed by atoms with Crippen molar-refractivity contribution in [2.75, 3.05) is 17.3 Å². The van der Waals surface area contributed by atoms with Crippen molar-refractivity contribution in [1.82, 2.24) is 4.98 Å². The van der Waals surface area contributed by atoms with Gasteiger partial charge in [0.15, 0.2) is 0 Å². The van der Waals surface area contributed by atoms with Crippen molar-refractivity contribution in [3.8, 4) is 17.0 Å². The Labute approximate surface area is 138 Å². The highest BCUT2D eigenvalue weighted by Gasteiger charge is 2.33. The first kappa shape index (κ1) is 15.6. The summed E-state index contributed by atoms with van der Waals surface area (Å²) < 4.78 is 5.80. The van der Waals surface area contributed by atoms with Crippen molar-refractivity contribution >= 4 is 28.6 Å². The third-order valence-electron chi connectivity index (χ3n) is 3.60. The normalized spacial score (nSPS) is 14.4. The summed E-state index contributed by atoms with van der Waals surface area (Å²) in [5, 5.41) is -0.244. The molecule has 1 aliphatic heterocycles. The molecule has 0 unspecified atom stereocenters. The van der Waals surface area contributed by atoms with Crippen molar-refractivity contribution in [2.24, 2.45) is 0 Å². The second-order valence-electron chi connectivity index (χ2n) is 5.02. The van der Waals surface area contributed by atoms with Crippen LogP contribution >= 0.6 is 11.8 Å².